The van der Waals surface area contributed by atoms with Crippen molar-refractivity contribution in [2.24, 2.45) is 0 Å². The van der Waals surface area contributed by atoms with Crippen molar-refractivity contribution in [1.29, 1.82) is 0 Å². The molecule has 1 saturated carbocycles. The minimum absolute atomic E-state index is 0.0661. The lowest BCUT2D eigenvalue weighted by molar-refractivity contribution is 0.169. The minimum Gasteiger partial charge on any atom is -0.354 e. The first kappa shape index (κ1) is 22.7. The second kappa shape index (κ2) is 10.9. The summed E-state index contributed by atoms with van der Waals surface area (Å²) < 4.78 is 13.5. The Morgan fingerprint density at radius 3 is 2.48 bits per heavy atom. The van der Waals surface area contributed by atoms with Crippen LogP contribution in [0, 0.1) is 0 Å². The molecule has 4 aliphatic rings. The first-order valence-electron chi connectivity index (χ1n) is 13.0. The molecule has 0 spiro atoms. The molecule has 1 aromatic heterocycles. The third-order valence-electron chi connectivity index (χ3n) is 7.84. The summed E-state index contributed by atoms with van der Waals surface area (Å²) in [5.41, 5.74) is 3.74. The predicted octanol–water partition coefficient (Wildman–Crippen LogP) is 4.46. The van der Waals surface area contributed by atoms with Crippen LogP contribution in [0.15, 0.2) is 42.0 Å². The van der Waals surface area contributed by atoms with Gasteiger partial charge in [0.1, 0.15) is 18.0 Å². The third-order valence-corrected chi connectivity index (χ3v) is 7.84. The van der Waals surface area contributed by atoms with Gasteiger partial charge >= 0.3 is 0 Å². The van der Waals surface area contributed by atoms with Gasteiger partial charge in [-0.25, -0.2) is 14.4 Å². The van der Waals surface area contributed by atoms with Crippen LogP contribution in [0.25, 0.3) is 0 Å². The van der Waals surface area contributed by atoms with Gasteiger partial charge in [-0.15, -0.1) is 0 Å². The van der Waals surface area contributed by atoms with E-state index in [0.29, 0.717) is 6.42 Å². The summed E-state index contributed by atoms with van der Waals surface area (Å²) in [4.78, 5) is 17.2. The highest BCUT2D eigenvalue weighted by Crippen LogP contribution is 2.27. The highest BCUT2D eigenvalue weighted by atomic mass is 19.1. The van der Waals surface area contributed by atoms with Crippen LogP contribution >= 0.6 is 0 Å². The van der Waals surface area contributed by atoms with Crippen molar-refractivity contribution >= 4 is 5.82 Å². The Balaban J connectivity index is 1.21. The molecule has 6 heteroatoms. The first-order valence-corrected chi connectivity index (χ1v) is 13.0. The fourth-order valence-electron chi connectivity index (χ4n) is 5.92. The van der Waals surface area contributed by atoms with Crippen LogP contribution in [0.2, 0.25) is 0 Å². The second-order valence-corrected chi connectivity index (χ2v) is 10.0. The molecule has 178 valence electrons. The Morgan fingerprint density at radius 2 is 1.67 bits per heavy atom. The summed E-state index contributed by atoms with van der Waals surface area (Å²) in [6.07, 6.45) is 20.0. The number of hydrogen-bond donors (Lipinski definition) is 0. The van der Waals surface area contributed by atoms with Gasteiger partial charge in [0.2, 0.25) is 0 Å². The average Bonchev–Trinajstić information content (AvgIpc) is 3.32. The maximum absolute atomic E-state index is 13.5. The van der Waals surface area contributed by atoms with Crippen molar-refractivity contribution in [3.05, 3.63) is 53.3 Å². The number of rotatable bonds is 4. The third kappa shape index (κ3) is 5.72. The number of aromatic nitrogens is 2. The number of nitrogens with zero attached hydrogens (tertiary/aromatic N) is 5. The molecule has 0 aromatic carbocycles. The lowest BCUT2D eigenvalue weighted by Crippen LogP contribution is -2.50. The Hall–Kier alpha value is -2.05. The molecule has 5 rings (SSSR count). The molecule has 2 aliphatic carbocycles. The predicted molar refractivity (Wildman–Crippen MR) is 132 cm³/mol. The summed E-state index contributed by atoms with van der Waals surface area (Å²) >= 11 is 0. The van der Waals surface area contributed by atoms with Gasteiger partial charge in [0.15, 0.2) is 0 Å². The van der Waals surface area contributed by atoms with Crippen LogP contribution in [0.3, 0.4) is 0 Å². The molecule has 0 atom stereocenters. The standard InChI is InChI=1S/C27H38FN5/c28-23-7-5-6-22(10-11-23)20-31-14-12-25-26(13-15-31)29-21-30-27(25)33-18-16-32(17-19-33)24-8-3-1-2-4-9-24/h5-6,10-11,21,24H,1-4,7-9,12-20H2. The van der Waals surface area contributed by atoms with Gasteiger partial charge in [0.25, 0.3) is 0 Å². The Morgan fingerprint density at radius 1 is 0.879 bits per heavy atom. The molecule has 0 N–H and O–H groups in total. The molecule has 5 nitrogen and oxygen atoms in total. The number of allylic oxidation sites excluding steroid dienone is 4. The maximum Gasteiger partial charge on any atom is 0.135 e. The van der Waals surface area contributed by atoms with Gasteiger partial charge in [-0.05, 0) is 30.9 Å². The Kier molecular flexibility index (Phi) is 7.52. The lowest BCUT2D eigenvalue weighted by atomic mass is 10.1. The van der Waals surface area contributed by atoms with E-state index in [1.807, 2.05) is 12.2 Å². The molecule has 33 heavy (non-hydrogen) atoms. The average molecular weight is 452 g/mol. The number of piperazine rings is 1. The molecule has 0 bridgehead atoms. The summed E-state index contributed by atoms with van der Waals surface area (Å²) in [5, 5.41) is 0. The Bertz CT molecular complexity index is 892. The highest BCUT2D eigenvalue weighted by Gasteiger charge is 2.27. The fraction of sp³-hybridized carbons (Fsp3) is 0.630. The van der Waals surface area contributed by atoms with E-state index >= 15 is 0 Å². The van der Waals surface area contributed by atoms with E-state index < -0.39 is 0 Å². The number of fused-ring (bicyclic) bond motifs is 1. The van der Waals surface area contributed by atoms with Crippen molar-refractivity contribution in [2.75, 3.05) is 50.7 Å². The monoisotopic (exact) mass is 451 g/mol. The van der Waals surface area contributed by atoms with Crippen molar-refractivity contribution in [3.8, 4) is 0 Å². The molecule has 1 saturated heterocycles. The summed E-state index contributed by atoms with van der Waals surface area (Å²) in [5.74, 6) is 1.10. The molecular formula is C27H38FN5. The minimum atomic E-state index is -0.0661. The number of anilines is 1. The zero-order valence-electron chi connectivity index (χ0n) is 19.9. The van der Waals surface area contributed by atoms with Crippen LogP contribution in [0.4, 0.5) is 10.2 Å². The number of halogens is 1. The van der Waals surface area contributed by atoms with Gasteiger partial charge in [-0.2, -0.15) is 0 Å². The van der Waals surface area contributed by atoms with E-state index in [1.165, 1.54) is 61.2 Å². The van der Waals surface area contributed by atoms with E-state index in [0.717, 1.165) is 64.7 Å². The van der Waals surface area contributed by atoms with E-state index in [4.69, 9.17) is 4.98 Å². The summed E-state index contributed by atoms with van der Waals surface area (Å²) in [7, 11) is 0. The zero-order valence-corrected chi connectivity index (χ0v) is 19.9. The number of hydrogen-bond acceptors (Lipinski definition) is 5. The van der Waals surface area contributed by atoms with Gasteiger partial charge in [0, 0.05) is 70.3 Å². The molecule has 3 heterocycles. The van der Waals surface area contributed by atoms with Crippen LogP contribution in [0.1, 0.15) is 56.2 Å². The van der Waals surface area contributed by atoms with E-state index in [1.54, 1.807) is 12.4 Å². The Labute approximate surface area is 198 Å². The van der Waals surface area contributed by atoms with Gasteiger partial charge in [0.05, 0.1) is 5.69 Å². The normalized spacial score (nSPS) is 23.8. The van der Waals surface area contributed by atoms with Crippen molar-refractivity contribution < 1.29 is 4.39 Å². The highest BCUT2D eigenvalue weighted by molar-refractivity contribution is 5.50. The quantitative estimate of drug-likeness (QED) is 0.632. The van der Waals surface area contributed by atoms with E-state index in [2.05, 4.69) is 25.8 Å². The SMILES string of the molecule is FC1=CC=C(CN2CCc3ncnc(N4CCN(C5CCCCCC5)CC4)c3CC2)C=CC1. The smallest absolute Gasteiger partial charge is 0.135 e. The van der Waals surface area contributed by atoms with Crippen LogP contribution in [-0.4, -0.2) is 71.6 Å². The molecule has 0 unspecified atom stereocenters. The molecule has 2 fully saturated rings. The largest absolute Gasteiger partial charge is 0.354 e. The van der Waals surface area contributed by atoms with Crippen LogP contribution in [0.5, 0.6) is 0 Å². The molecule has 2 aliphatic heterocycles. The molecular weight excluding hydrogens is 413 g/mol. The molecule has 0 amide bonds. The van der Waals surface area contributed by atoms with Gasteiger partial charge in [-0.1, -0.05) is 43.9 Å². The van der Waals surface area contributed by atoms with Gasteiger partial charge in [-0.3, -0.25) is 9.80 Å². The van der Waals surface area contributed by atoms with E-state index in [9.17, 15) is 4.39 Å². The van der Waals surface area contributed by atoms with Crippen LogP contribution in [-0.2, 0) is 12.8 Å². The topological polar surface area (TPSA) is 35.5 Å². The lowest BCUT2D eigenvalue weighted by Gasteiger charge is -2.40. The molecule has 1 aromatic rings. The van der Waals surface area contributed by atoms with Crippen molar-refractivity contribution in [3.63, 3.8) is 0 Å². The van der Waals surface area contributed by atoms with Crippen LogP contribution < -0.4 is 4.90 Å². The summed E-state index contributed by atoms with van der Waals surface area (Å²) in [6, 6.07) is 0.793. The maximum atomic E-state index is 13.5. The molecule has 0 radical (unpaired) electrons. The van der Waals surface area contributed by atoms with Crippen molar-refractivity contribution in [2.45, 2.75) is 63.8 Å². The van der Waals surface area contributed by atoms with E-state index in [-0.39, 0.29) is 5.83 Å². The van der Waals surface area contributed by atoms with Gasteiger partial charge < -0.3 is 4.90 Å². The summed E-state index contributed by atoms with van der Waals surface area (Å²) in [6.45, 7) is 7.28. The van der Waals surface area contributed by atoms with Crippen molar-refractivity contribution in [1.82, 2.24) is 19.8 Å². The fourth-order valence-corrected chi connectivity index (χ4v) is 5.92. The second-order valence-electron chi connectivity index (χ2n) is 10.0. The first-order chi connectivity index (χ1) is 16.3. The zero-order chi connectivity index (χ0) is 22.5.